The second-order valence-corrected chi connectivity index (χ2v) is 5.31. The maximum absolute atomic E-state index is 11.7. The van der Waals surface area contributed by atoms with E-state index in [2.05, 4.69) is 48.7 Å². The van der Waals surface area contributed by atoms with Gasteiger partial charge < -0.3 is 0 Å². The Kier molecular flexibility index (Phi) is 6.01. The van der Waals surface area contributed by atoms with Crippen LogP contribution in [0.25, 0.3) is 11.1 Å². The lowest BCUT2D eigenvalue weighted by Crippen LogP contribution is -2.42. The third kappa shape index (κ3) is 4.35. The minimum atomic E-state index is 0.0447. The topological polar surface area (TPSA) is 32.3 Å². The van der Waals surface area contributed by atoms with Crippen LogP contribution in [0.1, 0.15) is 33.1 Å². The molecule has 0 aliphatic rings. The van der Waals surface area contributed by atoms with Crippen molar-refractivity contribution in [2.24, 2.45) is 0 Å². The Bertz CT molecular complexity index is 578. The maximum Gasteiger partial charge on any atom is 0.238 e. The molecule has 0 aromatic heterocycles. The fraction of sp³-hybridized carbons (Fsp3) is 0.316. The van der Waals surface area contributed by atoms with Crippen LogP contribution in [-0.4, -0.2) is 12.5 Å². The minimum Gasteiger partial charge on any atom is -0.286 e. The van der Waals surface area contributed by atoms with Gasteiger partial charge in [0.2, 0.25) is 5.91 Å². The summed E-state index contributed by atoms with van der Waals surface area (Å²) in [5.74, 6) is 0.0447. The van der Waals surface area contributed by atoms with E-state index >= 15 is 0 Å². The van der Waals surface area contributed by atoms with Gasteiger partial charge in [-0.2, -0.15) is 0 Å². The Hall–Kier alpha value is -2.29. The lowest BCUT2D eigenvalue weighted by atomic mass is 10.1. The van der Waals surface area contributed by atoms with Gasteiger partial charge in [-0.15, -0.1) is 0 Å². The number of rotatable bonds is 7. The third-order valence-corrected chi connectivity index (χ3v) is 3.60. The highest BCUT2D eigenvalue weighted by molar-refractivity contribution is 5.77. The molecular weight excluding hydrogens is 272 g/mol. The van der Waals surface area contributed by atoms with E-state index in [1.165, 1.54) is 11.1 Å². The largest absolute Gasteiger partial charge is 0.286 e. The standard InChI is InChI=1S/C19H24N2O/c1-3-5-15-21(20-19(22)4-2)18-13-11-17(12-14-18)16-9-7-6-8-10-16/h6-14H,3-5,15H2,1-2H3,(H,20,22). The van der Waals surface area contributed by atoms with Crippen molar-refractivity contribution < 1.29 is 4.79 Å². The van der Waals surface area contributed by atoms with Gasteiger partial charge in [-0.1, -0.05) is 62.7 Å². The molecule has 3 heteroatoms. The fourth-order valence-electron chi connectivity index (χ4n) is 2.26. The van der Waals surface area contributed by atoms with Gasteiger partial charge in [-0.3, -0.25) is 15.2 Å². The average molecular weight is 296 g/mol. The van der Waals surface area contributed by atoms with Crippen molar-refractivity contribution in [2.45, 2.75) is 33.1 Å². The van der Waals surface area contributed by atoms with Crippen molar-refractivity contribution in [3.63, 3.8) is 0 Å². The number of nitrogens with one attached hydrogen (secondary N) is 1. The number of hydrogen-bond donors (Lipinski definition) is 1. The SMILES string of the molecule is CCCCN(NC(=O)CC)c1ccc(-c2ccccc2)cc1. The molecule has 116 valence electrons. The van der Waals surface area contributed by atoms with Crippen molar-refractivity contribution in [3.05, 3.63) is 54.6 Å². The molecule has 0 aliphatic heterocycles. The van der Waals surface area contributed by atoms with E-state index in [0.717, 1.165) is 25.1 Å². The summed E-state index contributed by atoms with van der Waals surface area (Å²) in [7, 11) is 0. The van der Waals surface area contributed by atoms with Crippen LogP contribution in [0, 0.1) is 0 Å². The van der Waals surface area contributed by atoms with Crippen LogP contribution >= 0.6 is 0 Å². The van der Waals surface area contributed by atoms with Crippen molar-refractivity contribution in [2.75, 3.05) is 11.6 Å². The molecule has 3 nitrogen and oxygen atoms in total. The van der Waals surface area contributed by atoms with Crippen LogP contribution < -0.4 is 10.4 Å². The zero-order chi connectivity index (χ0) is 15.8. The molecule has 0 atom stereocenters. The van der Waals surface area contributed by atoms with E-state index in [-0.39, 0.29) is 5.91 Å². The number of hydrogen-bond acceptors (Lipinski definition) is 2. The molecule has 0 fully saturated rings. The van der Waals surface area contributed by atoms with Crippen LogP contribution in [-0.2, 0) is 4.79 Å². The highest BCUT2D eigenvalue weighted by atomic mass is 16.2. The monoisotopic (exact) mass is 296 g/mol. The Balaban J connectivity index is 2.15. The summed E-state index contributed by atoms with van der Waals surface area (Å²) in [5.41, 5.74) is 6.38. The minimum absolute atomic E-state index is 0.0447. The molecule has 0 aliphatic carbocycles. The number of carbonyl (C=O) groups is 1. The quantitative estimate of drug-likeness (QED) is 0.768. The smallest absolute Gasteiger partial charge is 0.238 e. The number of hydrazine groups is 1. The number of nitrogens with zero attached hydrogens (tertiary/aromatic N) is 1. The Morgan fingerprint density at radius 1 is 0.955 bits per heavy atom. The van der Waals surface area contributed by atoms with Gasteiger partial charge >= 0.3 is 0 Å². The molecule has 0 spiro atoms. The summed E-state index contributed by atoms with van der Waals surface area (Å²) in [4.78, 5) is 11.7. The van der Waals surface area contributed by atoms with Crippen LogP contribution in [0.5, 0.6) is 0 Å². The first-order valence-electron chi connectivity index (χ1n) is 7.97. The highest BCUT2D eigenvalue weighted by Gasteiger charge is 2.09. The van der Waals surface area contributed by atoms with Gasteiger partial charge in [0.05, 0.1) is 5.69 Å². The molecule has 1 amide bonds. The Morgan fingerprint density at radius 2 is 1.59 bits per heavy atom. The normalized spacial score (nSPS) is 10.3. The van der Waals surface area contributed by atoms with Crippen molar-refractivity contribution in [1.29, 1.82) is 0 Å². The van der Waals surface area contributed by atoms with E-state index in [1.807, 2.05) is 30.1 Å². The molecule has 0 saturated heterocycles. The van der Waals surface area contributed by atoms with Crippen LogP contribution in [0.3, 0.4) is 0 Å². The van der Waals surface area contributed by atoms with E-state index in [9.17, 15) is 4.79 Å². The maximum atomic E-state index is 11.7. The highest BCUT2D eigenvalue weighted by Crippen LogP contribution is 2.22. The van der Waals surface area contributed by atoms with Gasteiger partial charge in [0.1, 0.15) is 0 Å². The fourth-order valence-corrected chi connectivity index (χ4v) is 2.26. The first-order valence-corrected chi connectivity index (χ1v) is 7.97. The predicted molar refractivity (Wildman–Crippen MR) is 92.6 cm³/mol. The molecule has 2 aromatic rings. The Morgan fingerprint density at radius 3 is 2.18 bits per heavy atom. The molecule has 0 heterocycles. The van der Waals surface area contributed by atoms with Crippen LogP contribution in [0.4, 0.5) is 5.69 Å². The van der Waals surface area contributed by atoms with E-state index in [0.29, 0.717) is 6.42 Å². The van der Waals surface area contributed by atoms with Crippen molar-refractivity contribution in [1.82, 2.24) is 5.43 Å². The third-order valence-electron chi connectivity index (χ3n) is 3.60. The number of amides is 1. The zero-order valence-electron chi connectivity index (χ0n) is 13.4. The average Bonchev–Trinajstić information content (AvgIpc) is 2.59. The van der Waals surface area contributed by atoms with E-state index in [4.69, 9.17) is 0 Å². The summed E-state index contributed by atoms with van der Waals surface area (Å²) < 4.78 is 0. The second kappa shape index (κ2) is 8.23. The molecule has 0 saturated carbocycles. The first kappa shape index (κ1) is 16.1. The zero-order valence-corrected chi connectivity index (χ0v) is 13.4. The molecule has 0 bridgehead atoms. The molecule has 0 unspecified atom stereocenters. The number of carbonyl (C=O) groups excluding carboxylic acids is 1. The number of anilines is 1. The molecule has 2 rings (SSSR count). The van der Waals surface area contributed by atoms with E-state index in [1.54, 1.807) is 0 Å². The number of benzene rings is 2. The number of unbranched alkanes of at least 4 members (excludes halogenated alkanes) is 1. The van der Waals surface area contributed by atoms with Crippen molar-refractivity contribution in [3.8, 4) is 11.1 Å². The summed E-state index contributed by atoms with van der Waals surface area (Å²) >= 11 is 0. The molecule has 22 heavy (non-hydrogen) atoms. The van der Waals surface area contributed by atoms with Gasteiger partial charge in [0.15, 0.2) is 0 Å². The first-order chi connectivity index (χ1) is 10.7. The lowest BCUT2D eigenvalue weighted by Gasteiger charge is -2.25. The summed E-state index contributed by atoms with van der Waals surface area (Å²) in [6.07, 6.45) is 2.63. The molecule has 0 radical (unpaired) electrons. The predicted octanol–water partition coefficient (Wildman–Crippen LogP) is 4.40. The summed E-state index contributed by atoms with van der Waals surface area (Å²) in [6.45, 7) is 4.84. The van der Waals surface area contributed by atoms with Gasteiger partial charge in [-0.25, -0.2) is 0 Å². The van der Waals surface area contributed by atoms with Crippen molar-refractivity contribution >= 4 is 11.6 Å². The summed E-state index contributed by atoms with van der Waals surface area (Å²) in [5, 5.41) is 1.95. The molecule has 1 N–H and O–H groups in total. The van der Waals surface area contributed by atoms with Gasteiger partial charge in [0.25, 0.3) is 0 Å². The van der Waals surface area contributed by atoms with Gasteiger partial charge in [-0.05, 0) is 29.7 Å². The summed E-state index contributed by atoms with van der Waals surface area (Å²) in [6, 6.07) is 18.6. The van der Waals surface area contributed by atoms with Crippen LogP contribution in [0.15, 0.2) is 54.6 Å². The lowest BCUT2D eigenvalue weighted by molar-refractivity contribution is -0.120. The second-order valence-electron chi connectivity index (χ2n) is 5.31. The van der Waals surface area contributed by atoms with Gasteiger partial charge in [0, 0.05) is 13.0 Å². The Labute approximate surface area is 132 Å². The molecule has 2 aromatic carbocycles. The van der Waals surface area contributed by atoms with E-state index < -0.39 is 0 Å². The molecular formula is C19H24N2O. The van der Waals surface area contributed by atoms with Crippen LogP contribution in [0.2, 0.25) is 0 Å².